The van der Waals surface area contributed by atoms with E-state index in [-0.39, 0.29) is 0 Å². The van der Waals surface area contributed by atoms with Gasteiger partial charge in [0.2, 0.25) is 0 Å². The minimum atomic E-state index is 0.646. The fourth-order valence-electron chi connectivity index (χ4n) is 3.54. The highest BCUT2D eigenvalue weighted by Gasteiger charge is 2.31. The number of nitrogens with two attached hydrogens (primary N) is 1. The quantitative estimate of drug-likeness (QED) is 0.793. The van der Waals surface area contributed by atoms with Crippen LogP contribution in [0.25, 0.3) is 0 Å². The van der Waals surface area contributed by atoms with Crippen molar-refractivity contribution >= 4 is 0 Å². The molecule has 17 heavy (non-hydrogen) atoms. The Bertz CT molecular complexity index is 232. The maximum Gasteiger partial charge on any atom is 0.0223 e. The summed E-state index contributed by atoms with van der Waals surface area (Å²) in [6.07, 6.45) is 6.73. The molecule has 2 N–H and O–H groups in total. The normalized spacial score (nSPS) is 37.9. The maximum absolute atomic E-state index is 5.98. The van der Waals surface area contributed by atoms with Gasteiger partial charge in [-0.1, -0.05) is 6.92 Å². The number of hydrogen-bond acceptors (Lipinski definition) is 3. The van der Waals surface area contributed by atoms with Gasteiger partial charge in [-0.25, -0.2) is 0 Å². The van der Waals surface area contributed by atoms with Crippen LogP contribution >= 0.6 is 0 Å². The van der Waals surface area contributed by atoms with Crippen LogP contribution in [0.4, 0.5) is 0 Å². The molecule has 0 aromatic carbocycles. The monoisotopic (exact) mass is 239 g/mol. The van der Waals surface area contributed by atoms with E-state index in [4.69, 9.17) is 5.73 Å². The highest BCUT2D eigenvalue weighted by molar-refractivity contribution is 4.87. The highest BCUT2D eigenvalue weighted by atomic mass is 15.2. The number of piperidine rings is 1. The number of likely N-dealkylation sites (tertiary alicyclic amines) is 2. The van der Waals surface area contributed by atoms with Crippen molar-refractivity contribution in [2.24, 2.45) is 11.7 Å². The van der Waals surface area contributed by atoms with Crippen molar-refractivity contribution < 1.29 is 0 Å². The summed E-state index contributed by atoms with van der Waals surface area (Å²) in [6.45, 7) is 7.02. The fourth-order valence-corrected chi connectivity index (χ4v) is 3.54. The molecule has 2 rings (SSSR count). The molecule has 3 nitrogen and oxygen atoms in total. The van der Waals surface area contributed by atoms with Crippen LogP contribution in [-0.2, 0) is 0 Å². The van der Waals surface area contributed by atoms with Crippen molar-refractivity contribution in [3.63, 3.8) is 0 Å². The molecule has 0 aromatic rings. The Balaban J connectivity index is 1.94. The molecule has 0 bridgehead atoms. The van der Waals surface area contributed by atoms with Gasteiger partial charge in [0.1, 0.15) is 0 Å². The number of hydrogen-bond donors (Lipinski definition) is 1. The molecule has 0 saturated carbocycles. The van der Waals surface area contributed by atoms with Crippen LogP contribution in [0.1, 0.15) is 39.0 Å². The molecule has 2 aliphatic rings. The summed E-state index contributed by atoms with van der Waals surface area (Å²) in [6, 6.07) is 1.44. The SMILES string of the molecule is CC1CCN(C2CCCN(C)CC2)C(CN)C1. The van der Waals surface area contributed by atoms with Gasteiger partial charge >= 0.3 is 0 Å². The Labute approximate surface area is 106 Å². The Kier molecular flexibility index (Phi) is 4.83. The molecule has 3 atom stereocenters. The minimum Gasteiger partial charge on any atom is -0.329 e. The molecule has 2 heterocycles. The highest BCUT2D eigenvalue weighted by Crippen LogP contribution is 2.27. The average Bonchev–Trinajstić information content (AvgIpc) is 2.54. The lowest BCUT2D eigenvalue weighted by molar-refractivity contribution is 0.0687. The zero-order valence-corrected chi connectivity index (χ0v) is 11.6. The average molecular weight is 239 g/mol. The molecule has 3 unspecified atom stereocenters. The van der Waals surface area contributed by atoms with Crippen LogP contribution in [0.15, 0.2) is 0 Å². The molecule has 2 saturated heterocycles. The third kappa shape index (κ3) is 3.43. The molecule has 2 fully saturated rings. The van der Waals surface area contributed by atoms with Crippen molar-refractivity contribution in [3.8, 4) is 0 Å². The van der Waals surface area contributed by atoms with Gasteiger partial charge in [-0.2, -0.15) is 0 Å². The standard InChI is InChI=1S/C14H29N3/c1-12-5-9-17(14(10-12)11-15)13-4-3-7-16(2)8-6-13/h12-14H,3-11,15H2,1-2H3. The summed E-state index contributed by atoms with van der Waals surface area (Å²) in [4.78, 5) is 5.21. The van der Waals surface area contributed by atoms with E-state index in [1.807, 2.05) is 0 Å². The lowest BCUT2D eigenvalue weighted by Crippen LogP contribution is -2.51. The molecular weight excluding hydrogens is 210 g/mol. The number of nitrogens with zero attached hydrogens (tertiary/aromatic N) is 2. The molecule has 2 aliphatic heterocycles. The third-order valence-corrected chi connectivity index (χ3v) is 4.69. The lowest BCUT2D eigenvalue weighted by atomic mass is 9.90. The Hall–Kier alpha value is -0.120. The molecular formula is C14H29N3. The van der Waals surface area contributed by atoms with Crippen molar-refractivity contribution in [2.75, 3.05) is 33.2 Å². The summed E-state index contributed by atoms with van der Waals surface area (Å²) in [5.41, 5.74) is 5.98. The lowest BCUT2D eigenvalue weighted by Gasteiger charge is -2.42. The molecule has 0 aliphatic carbocycles. The predicted molar refractivity (Wildman–Crippen MR) is 73.1 cm³/mol. The van der Waals surface area contributed by atoms with E-state index < -0.39 is 0 Å². The van der Waals surface area contributed by atoms with Gasteiger partial charge in [0.15, 0.2) is 0 Å². The Morgan fingerprint density at radius 1 is 1.12 bits per heavy atom. The zero-order chi connectivity index (χ0) is 12.3. The predicted octanol–water partition coefficient (Wildman–Crippen LogP) is 1.53. The van der Waals surface area contributed by atoms with E-state index in [0.717, 1.165) is 18.5 Å². The molecule has 0 spiro atoms. The summed E-state index contributed by atoms with van der Waals surface area (Å²) in [5, 5.41) is 0. The van der Waals surface area contributed by atoms with Gasteiger partial charge in [-0.15, -0.1) is 0 Å². The summed E-state index contributed by atoms with van der Waals surface area (Å²) >= 11 is 0. The number of rotatable bonds is 2. The second kappa shape index (κ2) is 6.17. The molecule has 100 valence electrons. The van der Waals surface area contributed by atoms with E-state index in [1.54, 1.807) is 0 Å². The first-order valence-corrected chi connectivity index (χ1v) is 7.35. The maximum atomic E-state index is 5.98. The second-order valence-corrected chi connectivity index (χ2v) is 6.14. The molecule has 0 radical (unpaired) electrons. The van der Waals surface area contributed by atoms with Gasteiger partial charge in [0, 0.05) is 18.6 Å². The van der Waals surface area contributed by atoms with E-state index in [9.17, 15) is 0 Å². The molecule has 0 amide bonds. The largest absolute Gasteiger partial charge is 0.329 e. The fraction of sp³-hybridized carbons (Fsp3) is 1.00. The molecule has 0 aromatic heterocycles. The van der Waals surface area contributed by atoms with Crippen LogP contribution in [0.2, 0.25) is 0 Å². The van der Waals surface area contributed by atoms with Crippen molar-refractivity contribution in [1.29, 1.82) is 0 Å². The Morgan fingerprint density at radius 3 is 2.71 bits per heavy atom. The first kappa shape index (κ1) is 13.3. The minimum absolute atomic E-state index is 0.646. The third-order valence-electron chi connectivity index (χ3n) is 4.69. The van der Waals surface area contributed by atoms with Crippen LogP contribution in [-0.4, -0.2) is 55.1 Å². The summed E-state index contributed by atoms with van der Waals surface area (Å²) in [5.74, 6) is 0.869. The van der Waals surface area contributed by atoms with E-state index in [0.29, 0.717) is 6.04 Å². The van der Waals surface area contributed by atoms with E-state index in [2.05, 4.69) is 23.8 Å². The van der Waals surface area contributed by atoms with Crippen molar-refractivity contribution in [3.05, 3.63) is 0 Å². The summed E-state index contributed by atoms with van der Waals surface area (Å²) in [7, 11) is 2.25. The van der Waals surface area contributed by atoms with Gasteiger partial charge in [0.25, 0.3) is 0 Å². The van der Waals surface area contributed by atoms with E-state index >= 15 is 0 Å². The Morgan fingerprint density at radius 2 is 1.94 bits per heavy atom. The first-order chi connectivity index (χ1) is 8.20. The van der Waals surface area contributed by atoms with Crippen LogP contribution in [0.3, 0.4) is 0 Å². The zero-order valence-electron chi connectivity index (χ0n) is 11.6. The van der Waals surface area contributed by atoms with Crippen molar-refractivity contribution in [1.82, 2.24) is 9.80 Å². The van der Waals surface area contributed by atoms with Crippen LogP contribution in [0.5, 0.6) is 0 Å². The van der Waals surface area contributed by atoms with Crippen LogP contribution < -0.4 is 5.73 Å². The van der Waals surface area contributed by atoms with Crippen LogP contribution in [0, 0.1) is 5.92 Å². The van der Waals surface area contributed by atoms with E-state index in [1.165, 1.54) is 51.7 Å². The summed E-state index contributed by atoms with van der Waals surface area (Å²) < 4.78 is 0. The first-order valence-electron chi connectivity index (χ1n) is 7.35. The molecule has 3 heteroatoms. The van der Waals surface area contributed by atoms with Gasteiger partial charge in [0.05, 0.1) is 0 Å². The topological polar surface area (TPSA) is 32.5 Å². The van der Waals surface area contributed by atoms with Gasteiger partial charge in [-0.05, 0) is 64.7 Å². The van der Waals surface area contributed by atoms with Crippen molar-refractivity contribution in [2.45, 2.75) is 51.1 Å². The van der Waals surface area contributed by atoms with Gasteiger partial charge in [-0.3, -0.25) is 4.90 Å². The second-order valence-electron chi connectivity index (χ2n) is 6.14. The smallest absolute Gasteiger partial charge is 0.0223 e. The van der Waals surface area contributed by atoms with Gasteiger partial charge < -0.3 is 10.6 Å².